The van der Waals surface area contributed by atoms with E-state index < -0.39 is 11.3 Å². The smallest absolute Gasteiger partial charge is 0.231 e. The van der Waals surface area contributed by atoms with Crippen molar-refractivity contribution in [3.8, 4) is 18.1 Å². The molecule has 2 N–H and O–H groups in total. The van der Waals surface area contributed by atoms with Crippen LogP contribution in [-0.4, -0.2) is 17.5 Å². The molecular weight excluding hydrogens is 228 g/mol. The molecule has 92 valence electrons. The molecule has 1 aliphatic rings. The number of hydrogen-bond acceptors (Lipinski definition) is 3. The zero-order chi connectivity index (χ0) is 13.5. The van der Waals surface area contributed by atoms with Gasteiger partial charge in [-0.1, -0.05) is 6.58 Å². The second kappa shape index (κ2) is 3.88. The van der Waals surface area contributed by atoms with E-state index in [1.165, 1.54) is 0 Å². The lowest BCUT2D eigenvalue weighted by molar-refractivity contribution is -0.123. The summed E-state index contributed by atoms with van der Waals surface area (Å²) >= 11 is 0. The number of rotatable bonds is 2. The lowest BCUT2D eigenvalue weighted by Gasteiger charge is -2.18. The summed E-state index contributed by atoms with van der Waals surface area (Å²) in [6.07, 6.45) is 5.42. The molecule has 0 radical (unpaired) electrons. The predicted molar refractivity (Wildman–Crippen MR) is 68.9 cm³/mol. The summed E-state index contributed by atoms with van der Waals surface area (Å²) in [6, 6.07) is 1.77. The van der Waals surface area contributed by atoms with E-state index in [-0.39, 0.29) is 6.61 Å². The normalized spacial score (nSPS) is 20.7. The van der Waals surface area contributed by atoms with Crippen LogP contribution in [0, 0.1) is 12.3 Å². The average Bonchev–Trinajstić information content (AvgIpc) is 2.67. The molecule has 0 aromatic carbocycles. The first-order valence-electron chi connectivity index (χ1n) is 5.51. The average molecular weight is 242 g/mol. The number of allylic oxidation sites excluding steroid dienone is 1. The summed E-state index contributed by atoms with van der Waals surface area (Å²) in [6.45, 7) is 7.58. The molecule has 0 bridgehead atoms. The molecule has 1 amide bonds. The van der Waals surface area contributed by atoms with Crippen LogP contribution in [0.1, 0.15) is 30.8 Å². The van der Waals surface area contributed by atoms with Crippen molar-refractivity contribution in [3.05, 3.63) is 29.6 Å². The molecule has 1 aliphatic heterocycles. The second-order valence-electron chi connectivity index (χ2n) is 4.64. The van der Waals surface area contributed by atoms with Gasteiger partial charge in [-0.3, -0.25) is 4.79 Å². The number of primary amides is 1. The fraction of sp³-hybridized carbons (Fsp3) is 0.286. The second-order valence-corrected chi connectivity index (χ2v) is 4.64. The zero-order valence-electron chi connectivity index (χ0n) is 10.4. The first-order chi connectivity index (χ1) is 8.40. The maximum absolute atomic E-state index is 11.6. The highest BCUT2D eigenvalue weighted by molar-refractivity contribution is 5.89. The van der Waals surface area contributed by atoms with Gasteiger partial charge in [-0.2, -0.15) is 0 Å². The molecular formula is C14H14N2O2. The Balaban J connectivity index is 2.73. The molecule has 0 fully saturated rings. The van der Waals surface area contributed by atoms with Crippen LogP contribution in [0.15, 0.2) is 12.6 Å². The molecule has 2 rings (SSSR count). The van der Waals surface area contributed by atoms with E-state index >= 15 is 0 Å². The van der Waals surface area contributed by atoms with Gasteiger partial charge >= 0.3 is 0 Å². The fourth-order valence-corrected chi connectivity index (χ4v) is 1.90. The molecule has 0 aliphatic carbocycles. The summed E-state index contributed by atoms with van der Waals surface area (Å²) in [5.74, 6) is 2.50. The van der Waals surface area contributed by atoms with Gasteiger partial charge in [0.15, 0.2) is 11.4 Å². The number of carbonyl (C=O) groups excluding carboxylic acids is 1. The van der Waals surface area contributed by atoms with Crippen molar-refractivity contribution in [1.29, 1.82) is 0 Å². The van der Waals surface area contributed by atoms with Crippen molar-refractivity contribution < 1.29 is 9.53 Å². The molecule has 1 aromatic rings. The van der Waals surface area contributed by atoms with E-state index in [2.05, 4.69) is 17.5 Å². The number of amides is 1. The molecule has 0 spiro atoms. The van der Waals surface area contributed by atoms with Crippen LogP contribution in [0.3, 0.4) is 0 Å². The third kappa shape index (κ3) is 1.56. The highest BCUT2D eigenvalue weighted by Crippen LogP contribution is 2.41. The topological polar surface area (TPSA) is 65.2 Å². The Morgan fingerprint density at radius 1 is 1.72 bits per heavy atom. The van der Waals surface area contributed by atoms with Crippen LogP contribution >= 0.6 is 0 Å². The number of carbonyl (C=O) groups is 1. The number of nitrogens with two attached hydrogens (primary N) is 1. The summed E-state index contributed by atoms with van der Waals surface area (Å²) in [4.78, 5) is 15.9. The van der Waals surface area contributed by atoms with Gasteiger partial charge in [0.1, 0.15) is 12.0 Å². The molecule has 0 saturated carbocycles. The summed E-state index contributed by atoms with van der Waals surface area (Å²) in [5.41, 5.74) is 7.08. The summed E-state index contributed by atoms with van der Waals surface area (Å²) < 4.78 is 5.50. The van der Waals surface area contributed by atoms with Crippen molar-refractivity contribution in [2.45, 2.75) is 19.3 Å². The fourth-order valence-electron chi connectivity index (χ4n) is 1.90. The molecule has 4 heteroatoms. The maximum Gasteiger partial charge on any atom is 0.231 e. The predicted octanol–water partition coefficient (Wildman–Crippen LogP) is 1.23. The summed E-state index contributed by atoms with van der Waals surface area (Å²) in [5, 5.41) is 0. The number of aromatic nitrogens is 1. The zero-order valence-corrected chi connectivity index (χ0v) is 10.4. The molecule has 0 saturated heterocycles. The number of terminal acetylenes is 1. The van der Waals surface area contributed by atoms with E-state index in [0.717, 1.165) is 5.57 Å². The van der Waals surface area contributed by atoms with E-state index in [1.807, 2.05) is 6.92 Å². The van der Waals surface area contributed by atoms with Crippen molar-refractivity contribution in [2.24, 2.45) is 5.73 Å². The largest absolute Gasteiger partial charge is 0.489 e. The molecule has 1 aromatic heterocycles. The van der Waals surface area contributed by atoms with Crippen molar-refractivity contribution in [1.82, 2.24) is 4.98 Å². The van der Waals surface area contributed by atoms with Gasteiger partial charge in [0, 0.05) is 5.56 Å². The number of fused-ring (bicyclic) bond motifs is 1. The molecule has 0 unspecified atom stereocenters. The lowest BCUT2D eigenvalue weighted by Crippen LogP contribution is -2.39. The Labute approximate surface area is 106 Å². The van der Waals surface area contributed by atoms with Crippen molar-refractivity contribution >= 4 is 11.5 Å². The third-order valence-corrected chi connectivity index (χ3v) is 3.19. The van der Waals surface area contributed by atoms with Gasteiger partial charge in [-0.15, -0.1) is 6.42 Å². The van der Waals surface area contributed by atoms with Crippen LogP contribution in [0.25, 0.3) is 5.57 Å². The Hall–Kier alpha value is -2.28. The Bertz CT molecular complexity index is 599. The standard InChI is InChI=1S/C14H14N2O2/c1-5-10-12-9(6-11(16-10)8(2)3)14(4,7-18-12)13(15)17/h1,6H,2,7H2,3-4H3,(H2,15,17)/t14-/m0/s1. The highest BCUT2D eigenvalue weighted by atomic mass is 16.5. The molecule has 2 heterocycles. The van der Waals surface area contributed by atoms with E-state index in [4.69, 9.17) is 16.9 Å². The maximum atomic E-state index is 11.6. The Morgan fingerprint density at radius 3 is 2.89 bits per heavy atom. The number of pyridine rings is 1. The first kappa shape index (κ1) is 12.2. The van der Waals surface area contributed by atoms with E-state index in [9.17, 15) is 4.79 Å². The van der Waals surface area contributed by atoms with Gasteiger partial charge in [-0.25, -0.2) is 4.98 Å². The third-order valence-electron chi connectivity index (χ3n) is 3.19. The quantitative estimate of drug-likeness (QED) is 0.793. The van der Waals surface area contributed by atoms with Gasteiger partial charge in [0.05, 0.1) is 5.69 Å². The van der Waals surface area contributed by atoms with Crippen molar-refractivity contribution in [3.63, 3.8) is 0 Å². The SMILES string of the molecule is C#Cc1nc(C(=C)C)cc2c1OC[C@]2(C)C(N)=O. The Kier molecular flexibility index (Phi) is 2.63. The van der Waals surface area contributed by atoms with Crippen LogP contribution < -0.4 is 10.5 Å². The minimum atomic E-state index is -0.867. The van der Waals surface area contributed by atoms with Gasteiger partial charge in [-0.05, 0) is 31.4 Å². The molecule has 1 atom stereocenters. The number of hydrogen-bond donors (Lipinski definition) is 1. The van der Waals surface area contributed by atoms with Crippen LogP contribution in [0.4, 0.5) is 0 Å². The number of nitrogens with zero attached hydrogens (tertiary/aromatic N) is 1. The van der Waals surface area contributed by atoms with Crippen LogP contribution in [-0.2, 0) is 10.2 Å². The minimum Gasteiger partial charge on any atom is -0.489 e. The van der Waals surface area contributed by atoms with Crippen molar-refractivity contribution in [2.75, 3.05) is 6.61 Å². The molecule has 4 nitrogen and oxygen atoms in total. The van der Waals surface area contributed by atoms with Gasteiger partial charge in [0.25, 0.3) is 0 Å². The van der Waals surface area contributed by atoms with Crippen LogP contribution in [0.5, 0.6) is 5.75 Å². The molecule has 18 heavy (non-hydrogen) atoms. The minimum absolute atomic E-state index is 0.188. The first-order valence-corrected chi connectivity index (χ1v) is 5.51. The van der Waals surface area contributed by atoms with E-state index in [0.29, 0.717) is 22.7 Å². The van der Waals surface area contributed by atoms with Gasteiger partial charge < -0.3 is 10.5 Å². The van der Waals surface area contributed by atoms with Gasteiger partial charge in [0.2, 0.25) is 5.91 Å². The Morgan fingerprint density at radius 2 is 2.39 bits per heavy atom. The number of ether oxygens (including phenoxy) is 1. The van der Waals surface area contributed by atoms with Crippen LogP contribution in [0.2, 0.25) is 0 Å². The lowest BCUT2D eigenvalue weighted by atomic mass is 9.83. The van der Waals surface area contributed by atoms with E-state index in [1.54, 1.807) is 13.0 Å². The monoisotopic (exact) mass is 242 g/mol. The highest BCUT2D eigenvalue weighted by Gasteiger charge is 2.43. The summed E-state index contributed by atoms with van der Waals surface area (Å²) in [7, 11) is 0.